The number of aryl methyl sites for hydroxylation is 1. The molecule has 0 bridgehead atoms. The average molecular weight is 356 g/mol. The van der Waals surface area contributed by atoms with Crippen LogP contribution in [0.25, 0.3) is 10.9 Å². The predicted molar refractivity (Wildman–Crippen MR) is 99.1 cm³/mol. The lowest BCUT2D eigenvalue weighted by Crippen LogP contribution is -2.10. The van der Waals surface area contributed by atoms with Gasteiger partial charge >= 0.3 is 5.97 Å². The van der Waals surface area contributed by atoms with E-state index in [4.69, 9.17) is 16.3 Å². The largest absolute Gasteiger partial charge is 0.465 e. The quantitative estimate of drug-likeness (QED) is 0.695. The van der Waals surface area contributed by atoms with Gasteiger partial charge in [0, 0.05) is 10.4 Å². The number of fused-ring (bicyclic) bond motifs is 1. The zero-order valence-corrected chi connectivity index (χ0v) is 15.0. The van der Waals surface area contributed by atoms with Crippen LogP contribution in [-0.4, -0.2) is 23.0 Å². The zero-order chi connectivity index (χ0) is 18.0. The number of hydrogen-bond acceptors (Lipinski definition) is 5. The number of methoxy groups -OCH3 is 1. The number of halogens is 1. The fraction of sp³-hybridized carbons (Fsp3) is 0.211. The third-order valence-corrected chi connectivity index (χ3v) is 4.17. The highest BCUT2D eigenvalue weighted by molar-refractivity contribution is 6.30. The second-order valence-electron chi connectivity index (χ2n) is 5.76. The summed E-state index contributed by atoms with van der Waals surface area (Å²) in [7, 11) is 1.36. The number of aromatic nitrogens is 2. The molecular formula is C19H18ClN3O2. The van der Waals surface area contributed by atoms with E-state index in [0.717, 1.165) is 10.9 Å². The monoisotopic (exact) mass is 355 g/mol. The summed E-state index contributed by atoms with van der Waals surface area (Å²) >= 11 is 6.08. The van der Waals surface area contributed by atoms with Crippen LogP contribution in [0.5, 0.6) is 0 Å². The molecule has 5 nitrogen and oxygen atoms in total. The maximum absolute atomic E-state index is 11.7. The predicted octanol–water partition coefficient (Wildman–Crippen LogP) is 4.55. The molecule has 0 unspecified atom stereocenters. The van der Waals surface area contributed by atoms with E-state index in [0.29, 0.717) is 27.7 Å². The molecule has 0 aliphatic carbocycles. The topological polar surface area (TPSA) is 64.1 Å². The molecule has 0 spiro atoms. The van der Waals surface area contributed by atoms with Crippen molar-refractivity contribution in [2.24, 2.45) is 0 Å². The number of hydrogen-bond donors (Lipinski definition) is 1. The minimum absolute atomic E-state index is 0.0106. The Hall–Kier alpha value is -2.66. The lowest BCUT2D eigenvalue weighted by atomic mass is 10.1. The van der Waals surface area contributed by atoms with E-state index in [1.54, 1.807) is 12.1 Å². The van der Waals surface area contributed by atoms with Crippen molar-refractivity contribution in [3.63, 3.8) is 0 Å². The van der Waals surface area contributed by atoms with Gasteiger partial charge in [-0.15, -0.1) is 0 Å². The lowest BCUT2D eigenvalue weighted by molar-refractivity contribution is 0.0601. The number of ether oxygens (including phenoxy) is 1. The van der Waals surface area contributed by atoms with E-state index < -0.39 is 0 Å². The Morgan fingerprint density at radius 1 is 1.20 bits per heavy atom. The Bertz CT molecular complexity index is 943. The Morgan fingerprint density at radius 2 is 2.00 bits per heavy atom. The van der Waals surface area contributed by atoms with Gasteiger partial charge in [-0.25, -0.2) is 14.8 Å². The van der Waals surface area contributed by atoms with Gasteiger partial charge in [0.25, 0.3) is 0 Å². The lowest BCUT2D eigenvalue weighted by Gasteiger charge is -2.17. The van der Waals surface area contributed by atoms with E-state index in [1.807, 2.05) is 44.2 Å². The number of nitrogens with one attached hydrogen (secondary N) is 1. The molecule has 128 valence electrons. The van der Waals surface area contributed by atoms with Gasteiger partial charge in [-0.2, -0.15) is 0 Å². The van der Waals surface area contributed by atoms with E-state index in [2.05, 4.69) is 15.3 Å². The molecule has 0 aliphatic heterocycles. The second-order valence-corrected chi connectivity index (χ2v) is 6.20. The van der Waals surface area contributed by atoms with Gasteiger partial charge in [0.1, 0.15) is 11.6 Å². The van der Waals surface area contributed by atoms with Crippen LogP contribution >= 0.6 is 11.6 Å². The molecule has 1 N–H and O–H groups in total. The molecule has 0 saturated carbocycles. The van der Waals surface area contributed by atoms with Gasteiger partial charge in [0.05, 0.1) is 24.2 Å². The Balaban J connectivity index is 1.99. The standard InChI is InChI=1S/C19H18ClN3O2/c1-11(13-5-4-6-15(20)9-13)21-18-16-8-7-14(19(24)25-3)10-17(16)22-12(2)23-18/h4-11H,1-3H3,(H,21,22,23)/t11-/m1/s1. The summed E-state index contributed by atoms with van der Waals surface area (Å²) in [4.78, 5) is 20.7. The van der Waals surface area contributed by atoms with Crippen LogP contribution in [-0.2, 0) is 4.74 Å². The molecule has 1 heterocycles. The summed E-state index contributed by atoms with van der Waals surface area (Å²) in [6.07, 6.45) is 0. The number of rotatable bonds is 4. The number of nitrogens with zero attached hydrogens (tertiary/aromatic N) is 2. The molecule has 1 aromatic heterocycles. The number of carbonyl (C=O) groups is 1. The van der Waals surface area contributed by atoms with E-state index >= 15 is 0 Å². The van der Waals surface area contributed by atoms with E-state index in [-0.39, 0.29) is 12.0 Å². The Labute approximate surface area is 151 Å². The van der Waals surface area contributed by atoms with Gasteiger partial charge in [-0.05, 0) is 49.7 Å². The highest BCUT2D eigenvalue weighted by Gasteiger charge is 2.13. The molecule has 3 rings (SSSR count). The van der Waals surface area contributed by atoms with Crippen LogP contribution in [0.3, 0.4) is 0 Å². The third kappa shape index (κ3) is 3.72. The molecular weight excluding hydrogens is 338 g/mol. The molecule has 0 aliphatic rings. The minimum atomic E-state index is -0.389. The highest BCUT2D eigenvalue weighted by Crippen LogP contribution is 2.26. The number of anilines is 1. The summed E-state index contributed by atoms with van der Waals surface area (Å²) in [6.45, 7) is 3.86. The first-order chi connectivity index (χ1) is 12.0. The van der Waals surface area contributed by atoms with Crippen LogP contribution < -0.4 is 5.32 Å². The van der Waals surface area contributed by atoms with Crippen LogP contribution in [0, 0.1) is 6.92 Å². The second kappa shape index (κ2) is 7.07. The van der Waals surface area contributed by atoms with Crippen molar-refractivity contribution >= 4 is 34.3 Å². The molecule has 0 amide bonds. The van der Waals surface area contributed by atoms with Crippen molar-refractivity contribution in [3.8, 4) is 0 Å². The van der Waals surface area contributed by atoms with E-state index in [9.17, 15) is 4.79 Å². The first kappa shape index (κ1) is 17.2. The molecule has 1 atom stereocenters. The van der Waals surface area contributed by atoms with Gasteiger partial charge in [0.15, 0.2) is 0 Å². The van der Waals surface area contributed by atoms with Crippen molar-refractivity contribution in [3.05, 3.63) is 64.4 Å². The first-order valence-corrected chi connectivity index (χ1v) is 8.24. The average Bonchev–Trinajstić information content (AvgIpc) is 2.60. The summed E-state index contributed by atoms with van der Waals surface area (Å²) in [5.74, 6) is 0.946. The number of benzene rings is 2. The maximum Gasteiger partial charge on any atom is 0.337 e. The summed E-state index contributed by atoms with van der Waals surface area (Å²) in [6, 6.07) is 13.0. The van der Waals surface area contributed by atoms with Crippen molar-refractivity contribution in [2.45, 2.75) is 19.9 Å². The molecule has 25 heavy (non-hydrogen) atoms. The Kier molecular flexibility index (Phi) is 4.86. The zero-order valence-electron chi connectivity index (χ0n) is 14.2. The van der Waals surface area contributed by atoms with Crippen molar-refractivity contribution in [1.82, 2.24) is 9.97 Å². The maximum atomic E-state index is 11.7. The van der Waals surface area contributed by atoms with Gasteiger partial charge in [-0.3, -0.25) is 0 Å². The first-order valence-electron chi connectivity index (χ1n) is 7.86. The molecule has 6 heteroatoms. The van der Waals surface area contributed by atoms with E-state index in [1.165, 1.54) is 7.11 Å². The summed E-state index contributed by atoms with van der Waals surface area (Å²) < 4.78 is 4.77. The van der Waals surface area contributed by atoms with Gasteiger partial charge in [-0.1, -0.05) is 23.7 Å². The van der Waals surface area contributed by atoms with Gasteiger partial charge in [0.2, 0.25) is 0 Å². The SMILES string of the molecule is COC(=O)c1ccc2c(N[C@H](C)c3cccc(Cl)c3)nc(C)nc2c1. The van der Waals surface area contributed by atoms with Crippen LogP contribution in [0.2, 0.25) is 5.02 Å². The van der Waals surface area contributed by atoms with Crippen LogP contribution in [0.1, 0.15) is 34.7 Å². The van der Waals surface area contributed by atoms with Crippen molar-refractivity contribution in [2.75, 3.05) is 12.4 Å². The number of esters is 1. The third-order valence-electron chi connectivity index (χ3n) is 3.93. The molecule has 0 saturated heterocycles. The smallest absolute Gasteiger partial charge is 0.337 e. The number of carbonyl (C=O) groups excluding carboxylic acids is 1. The summed E-state index contributed by atoms with van der Waals surface area (Å²) in [5, 5.41) is 4.94. The fourth-order valence-electron chi connectivity index (χ4n) is 2.66. The van der Waals surface area contributed by atoms with Crippen molar-refractivity contribution in [1.29, 1.82) is 0 Å². The minimum Gasteiger partial charge on any atom is -0.465 e. The normalized spacial score (nSPS) is 12.0. The van der Waals surface area contributed by atoms with Crippen LogP contribution in [0.4, 0.5) is 5.82 Å². The fourth-order valence-corrected chi connectivity index (χ4v) is 2.86. The molecule has 2 aromatic carbocycles. The van der Waals surface area contributed by atoms with Gasteiger partial charge < -0.3 is 10.1 Å². The molecule has 0 fully saturated rings. The molecule has 0 radical (unpaired) electrons. The molecule has 3 aromatic rings. The Morgan fingerprint density at radius 3 is 2.72 bits per heavy atom. The van der Waals surface area contributed by atoms with Crippen molar-refractivity contribution < 1.29 is 9.53 Å². The highest BCUT2D eigenvalue weighted by atomic mass is 35.5. The van der Waals surface area contributed by atoms with Crippen LogP contribution in [0.15, 0.2) is 42.5 Å². The summed E-state index contributed by atoms with van der Waals surface area (Å²) in [5.41, 5.74) is 2.21.